The Labute approximate surface area is 188 Å². The normalized spacial score (nSPS) is 21.9. The van der Waals surface area contributed by atoms with Gasteiger partial charge in [-0.15, -0.1) is 0 Å². The maximum absolute atomic E-state index is 6.02. The molecule has 0 spiro atoms. The first-order valence-corrected chi connectivity index (χ1v) is 10.9. The van der Waals surface area contributed by atoms with Crippen molar-refractivity contribution in [2.24, 2.45) is 0 Å². The third kappa shape index (κ3) is 6.57. The van der Waals surface area contributed by atoms with E-state index in [1.165, 1.54) is 0 Å². The van der Waals surface area contributed by atoms with Crippen LogP contribution in [0.3, 0.4) is 0 Å². The van der Waals surface area contributed by atoms with Gasteiger partial charge in [0.2, 0.25) is 0 Å². The molecule has 8 heteroatoms. The lowest BCUT2D eigenvalue weighted by Gasteiger charge is -2.15. The third-order valence-electron chi connectivity index (χ3n) is 5.19. The molecule has 2 heterocycles. The molecule has 0 radical (unpaired) electrons. The Hall–Kier alpha value is -1.86. The smallest absolute Gasteiger partial charge is 0.140 e. The van der Waals surface area contributed by atoms with Gasteiger partial charge >= 0.3 is 0 Å². The molecular weight excluding hydrogens is 423 g/mol. The molecule has 2 aromatic rings. The quantitative estimate of drug-likeness (QED) is 0.682. The van der Waals surface area contributed by atoms with E-state index in [0.717, 1.165) is 39.0 Å². The Balaban J connectivity index is 0.000000171. The fourth-order valence-corrected chi connectivity index (χ4v) is 3.89. The SMILES string of the molecule is CN1CC[C@@H](Oc2cc(N)ccc2Cl)C1.CN1CC[C@@H](Oc2cc(N)ccc2Cl)C1. The lowest BCUT2D eigenvalue weighted by molar-refractivity contribution is 0.208. The van der Waals surface area contributed by atoms with E-state index in [4.69, 9.17) is 44.1 Å². The molecule has 2 aliphatic heterocycles. The van der Waals surface area contributed by atoms with Crippen LogP contribution in [0.25, 0.3) is 0 Å². The van der Waals surface area contributed by atoms with Crippen molar-refractivity contribution in [1.29, 1.82) is 0 Å². The summed E-state index contributed by atoms with van der Waals surface area (Å²) in [6.07, 6.45) is 2.55. The summed E-state index contributed by atoms with van der Waals surface area (Å²) < 4.78 is 11.6. The maximum atomic E-state index is 6.02. The van der Waals surface area contributed by atoms with Gasteiger partial charge in [0.05, 0.1) is 10.0 Å². The van der Waals surface area contributed by atoms with Gasteiger partial charge in [0.15, 0.2) is 0 Å². The zero-order valence-electron chi connectivity index (χ0n) is 17.5. The number of nitrogens with two attached hydrogens (primary N) is 2. The van der Waals surface area contributed by atoms with Crippen LogP contribution in [0.1, 0.15) is 12.8 Å². The van der Waals surface area contributed by atoms with Gasteiger partial charge in [-0.2, -0.15) is 0 Å². The van der Waals surface area contributed by atoms with Gasteiger partial charge in [-0.1, -0.05) is 23.2 Å². The molecule has 0 saturated carbocycles. The number of rotatable bonds is 4. The van der Waals surface area contributed by atoms with Crippen LogP contribution in [0.5, 0.6) is 11.5 Å². The van der Waals surface area contributed by atoms with Crippen LogP contribution in [0, 0.1) is 0 Å². The number of ether oxygens (including phenoxy) is 2. The van der Waals surface area contributed by atoms with Crippen molar-refractivity contribution in [3.05, 3.63) is 46.4 Å². The van der Waals surface area contributed by atoms with Crippen molar-refractivity contribution in [2.75, 3.05) is 51.7 Å². The summed E-state index contributed by atoms with van der Waals surface area (Å²) in [4.78, 5) is 4.48. The van der Waals surface area contributed by atoms with E-state index in [1.54, 1.807) is 36.4 Å². The summed E-state index contributed by atoms with van der Waals surface area (Å²) in [6, 6.07) is 10.6. The van der Waals surface area contributed by atoms with Crippen molar-refractivity contribution < 1.29 is 9.47 Å². The molecule has 2 saturated heterocycles. The topological polar surface area (TPSA) is 77.0 Å². The van der Waals surface area contributed by atoms with Crippen LogP contribution in [-0.2, 0) is 0 Å². The molecule has 30 heavy (non-hydrogen) atoms. The highest BCUT2D eigenvalue weighted by Gasteiger charge is 2.22. The maximum Gasteiger partial charge on any atom is 0.140 e. The van der Waals surface area contributed by atoms with E-state index >= 15 is 0 Å². The average Bonchev–Trinajstić information content (AvgIpc) is 3.29. The number of nitrogen functional groups attached to an aromatic ring is 2. The standard InChI is InChI=1S/2C11H15ClN2O/c2*1-14-5-4-9(7-14)15-11-6-8(13)2-3-10(11)12/h2*2-3,6,9H,4-5,7,13H2,1H3/t2*9-/m11/s1. The monoisotopic (exact) mass is 452 g/mol. The lowest BCUT2D eigenvalue weighted by Crippen LogP contribution is -2.21. The van der Waals surface area contributed by atoms with E-state index in [1.807, 2.05) is 0 Å². The second-order valence-electron chi connectivity index (χ2n) is 7.96. The molecule has 164 valence electrons. The van der Waals surface area contributed by atoms with Gasteiger partial charge in [-0.05, 0) is 51.2 Å². The van der Waals surface area contributed by atoms with Crippen LogP contribution < -0.4 is 20.9 Å². The Morgan fingerprint density at radius 1 is 0.767 bits per heavy atom. The van der Waals surface area contributed by atoms with Crippen LogP contribution in [0.4, 0.5) is 11.4 Å². The number of nitrogens with zero attached hydrogens (tertiary/aromatic N) is 2. The molecule has 0 unspecified atom stereocenters. The number of likely N-dealkylation sites (tertiary alicyclic amines) is 2. The highest BCUT2D eigenvalue weighted by molar-refractivity contribution is 6.32. The van der Waals surface area contributed by atoms with Gasteiger partial charge in [-0.25, -0.2) is 0 Å². The minimum Gasteiger partial charge on any atom is -0.487 e. The summed E-state index contributed by atoms with van der Waals surface area (Å²) in [5, 5.41) is 1.25. The molecule has 4 N–H and O–H groups in total. The zero-order chi connectivity index (χ0) is 21.7. The summed E-state index contributed by atoms with van der Waals surface area (Å²) in [6.45, 7) is 4.05. The van der Waals surface area contributed by atoms with Gasteiger partial charge in [-0.3, -0.25) is 0 Å². The molecule has 2 aromatic carbocycles. The average molecular weight is 453 g/mol. The number of halogens is 2. The first-order chi connectivity index (χ1) is 14.3. The molecule has 0 bridgehead atoms. The summed E-state index contributed by atoms with van der Waals surface area (Å²) >= 11 is 12.0. The van der Waals surface area contributed by atoms with E-state index in [2.05, 4.69) is 23.9 Å². The molecule has 4 rings (SSSR count). The zero-order valence-corrected chi connectivity index (χ0v) is 19.0. The van der Waals surface area contributed by atoms with E-state index in [9.17, 15) is 0 Å². The summed E-state index contributed by atoms with van der Waals surface area (Å²) in [5.41, 5.74) is 12.7. The summed E-state index contributed by atoms with van der Waals surface area (Å²) in [5.74, 6) is 1.38. The van der Waals surface area contributed by atoms with E-state index in [0.29, 0.717) is 32.9 Å². The molecule has 0 aliphatic carbocycles. The van der Waals surface area contributed by atoms with Crippen molar-refractivity contribution in [3.8, 4) is 11.5 Å². The second kappa shape index (κ2) is 10.4. The fraction of sp³-hybridized carbons (Fsp3) is 0.455. The molecule has 2 atom stereocenters. The predicted octanol–water partition coefficient (Wildman–Crippen LogP) is 4.01. The number of hydrogen-bond donors (Lipinski definition) is 2. The largest absolute Gasteiger partial charge is 0.487 e. The summed E-state index contributed by atoms with van der Waals surface area (Å²) in [7, 11) is 4.18. The Bertz CT molecular complexity index is 782. The van der Waals surface area contributed by atoms with Crippen LogP contribution in [0.15, 0.2) is 36.4 Å². The van der Waals surface area contributed by atoms with Gasteiger partial charge in [0.25, 0.3) is 0 Å². The molecule has 2 aliphatic rings. The Morgan fingerprint density at radius 3 is 1.50 bits per heavy atom. The van der Waals surface area contributed by atoms with Gasteiger partial charge < -0.3 is 30.7 Å². The highest BCUT2D eigenvalue weighted by atomic mass is 35.5. The number of likely N-dealkylation sites (N-methyl/N-ethyl adjacent to an activating group) is 2. The van der Waals surface area contributed by atoms with Crippen molar-refractivity contribution in [1.82, 2.24) is 9.80 Å². The number of anilines is 2. The molecule has 6 nitrogen and oxygen atoms in total. The number of hydrogen-bond acceptors (Lipinski definition) is 6. The third-order valence-corrected chi connectivity index (χ3v) is 5.82. The van der Waals surface area contributed by atoms with Crippen molar-refractivity contribution >= 4 is 34.6 Å². The van der Waals surface area contributed by atoms with E-state index in [-0.39, 0.29) is 12.2 Å². The first-order valence-electron chi connectivity index (χ1n) is 10.1. The molecule has 2 fully saturated rings. The molecular formula is C22H30Cl2N4O2. The van der Waals surface area contributed by atoms with Crippen LogP contribution in [0.2, 0.25) is 10.0 Å². The van der Waals surface area contributed by atoms with Crippen molar-refractivity contribution in [3.63, 3.8) is 0 Å². The fourth-order valence-electron chi connectivity index (χ4n) is 3.56. The Morgan fingerprint density at radius 2 is 1.17 bits per heavy atom. The minimum absolute atomic E-state index is 0.231. The lowest BCUT2D eigenvalue weighted by atomic mass is 10.3. The molecule has 0 aromatic heterocycles. The van der Waals surface area contributed by atoms with E-state index < -0.39 is 0 Å². The number of benzene rings is 2. The van der Waals surface area contributed by atoms with Crippen LogP contribution >= 0.6 is 23.2 Å². The Kier molecular flexibility index (Phi) is 7.94. The highest BCUT2D eigenvalue weighted by Crippen LogP contribution is 2.30. The second-order valence-corrected chi connectivity index (χ2v) is 8.78. The molecule has 0 amide bonds. The van der Waals surface area contributed by atoms with Gasteiger partial charge in [0.1, 0.15) is 23.7 Å². The first kappa shape index (κ1) is 22.8. The van der Waals surface area contributed by atoms with Crippen molar-refractivity contribution in [2.45, 2.75) is 25.0 Å². The van der Waals surface area contributed by atoms with Crippen LogP contribution in [-0.4, -0.2) is 62.3 Å². The van der Waals surface area contributed by atoms with Gasteiger partial charge in [0, 0.05) is 49.7 Å². The predicted molar refractivity (Wildman–Crippen MR) is 125 cm³/mol. The minimum atomic E-state index is 0.231.